The molecule has 0 saturated heterocycles. The van der Waals surface area contributed by atoms with Crippen molar-refractivity contribution in [2.45, 2.75) is 25.9 Å². The van der Waals surface area contributed by atoms with Crippen LogP contribution in [0, 0.1) is 0 Å². The Morgan fingerprint density at radius 1 is 0.875 bits per heavy atom. The zero-order chi connectivity index (χ0) is 17.7. The van der Waals surface area contributed by atoms with Crippen molar-refractivity contribution in [3.8, 4) is 0 Å². The Bertz CT molecular complexity index is 594. The van der Waals surface area contributed by atoms with Crippen molar-refractivity contribution in [3.63, 3.8) is 0 Å². The number of carbonyl (C=O) groups excluding carboxylic acids is 2. The van der Waals surface area contributed by atoms with E-state index in [0.29, 0.717) is 11.5 Å². The normalized spacial score (nSPS) is 13.8. The molecule has 2 rings (SSSR count). The maximum absolute atomic E-state index is 11.9. The van der Waals surface area contributed by atoms with Gasteiger partial charge < -0.3 is 18.5 Å². The number of furan rings is 2. The average Bonchev–Trinajstić information content (AvgIpc) is 3.26. The van der Waals surface area contributed by atoms with Crippen molar-refractivity contribution in [1.82, 2.24) is 10.1 Å². The summed E-state index contributed by atoms with van der Waals surface area (Å²) in [5.41, 5.74) is 0. The van der Waals surface area contributed by atoms with Gasteiger partial charge in [-0.1, -0.05) is 0 Å². The van der Waals surface area contributed by atoms with E-state index in [4.69, 9.17) is 18.5 Å². The molecule has 2 aromatic rings. The Balaban J connectivity index is 1.86. The lowest BCUT2D eigenvalue weighted by molar-refractivity contribution is -0.222. The molecule has 2 unspecified atom stereocenters. The Morgan fingerprint density at radius 2 is 1.25 bits per heavy atom. The van der Waals surface area contributed by atoms with E-state index in [1.165, 1.54) is 36.7 Å². The fourth-order valence-electron chi connectivity index (χ4n) is 1.91. The van der Waals surface area contributed by atoms with Gasteiger partial charge in [0.1, 0.15) is 23.6 Å². The number of rotatable bonds is 6. The average molecular weight is 336 g/mol. The smallest absolute Gasteiger partial charge is 0.438 e. The van der Waals surface area contributed by atoms with Gasteiger partial charge in [0.2, 0.25) is 0 Å². The van der Waals surface area contributed by atoms with E-state index in [9.17, 15) is 9.59 Å². The molecule has 2 aromatic heterocycles. The third kappa shape index (κ3) is 4.24. The van der Waals surface area contributed by atoms with Crippen LogP contribution in [-0.2, 0) is 19.3 Å². The minimum Gasteiger partial charge on any atom is -0.468 e. The fourth-order valence-corrected chi connectivity index (χ4v) is 1.91. The van der Waals surface area contributed by atoms with Crippen LogP contribution in [0.1, 0.15) is 37.5 Å². The molecule has 2 heterocycles. The summed E-state index contributed by atoms with van der Waals surface area (Å²) in [4.78, 5) is 33.7. The molecule has 130 valence electrons. The van der Waals surface area contributed by atoms with Crippen LogP contribution in [0.2, 0.25) is 0 Å². The first-order valence-electron chi connectivity index (χ1n) is 7.36. The van der Waals surface area contributed by atoms with E-state index in [2.05, 4.69) is 0 Å². The van der Waals surface area contributed by atoms with E-state index >= 15 is 0 Å². The third-order valence-electron chi connectivity index (χ3n) is 3.62. The van der Waals surface area contributed by atoms with Crippen molar-refractivity contribution < 1.29 is 28.1 Å². The Labute approximate surface area is 139 Å². The second-order valence-electron chi connectivity index (χ2n) is 5.23. The predicted molar refractivity (Wildman–Crippen MR) is 82.0 cm³/mol. The maximum Gasteiger partial charge on any atom is 0.438 e. The Kier molecular flexibility index (Phi) is 5.78. The molecule has 0 N–H and O–H groups in total. The molecule has 8 nitrogen and oxygen atoms in total. The van der Waals surface area contributed by atoms with Gasteiger partial charge in [-0.15, -0.1) is 10.1 Å². The van der Waals surface area contributed by atoms with Crippen molar-refractivity contribution in [2.24, 2.45) is 0 Å². The van der Waals surface area contributed by atoms with Gasteiger partial charge in [-0.2, -0.15) is 0 Å². The van der Waals surface area contributed by atoms with Crippen molar-refractivity contribution in [1.29, 1.82) is 0 Å². The van der Waals surface area contributed by atoms with Crippen molar-refractivity contribution in [2.75, 3.05) is 14.1 Å². The quantitative estimate of drug-likeness (QED) is 0.587. The van der Waals surface area contributed by atoms with E-state index in [1.54, 1.807) is 38.1 Å². The topological polar surface area (TPSA) is 85.4 Å². The largest absolute Gasteiger partial charge is 0.468 e. The summed E-state index contributed by atoms with van der Waals surface area (Å²) in [5.74, 6) is -1.06. The zero-order valence-corrected chi connectivity index (χ0v) is 14.0. The highest BCUT2D eigenvalue weighted by Gasteiger charge is 2.27. The van der Waals surface area contributed by atoms with Crippen LogP contribution in [0.4, 0.5) is 0 Å². The van der Waals surface area contributed by atoms with Gasteiger partial charge >= 0.3 is 11.9 Å². The molecule has 0 saturated carbocycles. The van der Waals surface area contributed by atoms with Crippen LogP contribution in [0.5, 0.6) is 0 Å². The first kappa shape index (κ1) is 17.8. The first-order valence-corrected chi connectivity index (χ1v) is 7.36. The second kappa shape index (κ2) is 7.80. The standard InChI is InChI=1S/C16H20N2O6/c1-11(13-7-5-9-21-13)17(3)23-15(19)16(20)24-18(4)12(2)14-8-6-10-22-14/h5-12H,1-4H3. The minimum absolute atomic E-state index is 0.350. The van der Waals surface area contributed by atoms with Crippen LogP contribution in [0.15, 0.2) is 45.6 Å². The molecule has 0 bridgehead atoms. The lowest BCUT2D eigenvalue weighted by Gasteiger charge is -2.23. The number of hydrogen-bond acceptors (Lipinski definition) is 8. The second-order valence-corrected chi connectivity index (χ2v) is 5.23. The summed E-state index contributed by atoms with van der Waals surface area (Å²) in [6, 6.07) is 6.23. The molecule has 0 aliphatic rings. The van der Waals surface area contributed by atoms with E-state index in [1.807, 2.05) is 0 Å². The van der Waals surface area contributed by atoms with Crippen molar-refractivity contribution >= 4 is 11.9 Å². The van der Waals surface area contributed by atoms with Gasteiger partial charge in [-0.05, 0) is 38.1 Å². The molecular formula is C16H20N2O6. The predicted octanol–water partition coefficient (Wildman–Crippen LogP) is 2.47. The van der Waals surface area contributed by atoms with Gasteiger partial charge in [-0.25, -0.2) is 9.59 Å². The Hall–Kier alpha value is -2.58. The SMILES string of the molecule is CC(c1ccco1)N(C)OC(=O)C(=O)ON(C)C(C)c1ccco1. The van der Waals surface area contributed by atoms with Crippen LogP contribution >= 0.6 is 0 Å². The lowest BCUT2D eigenvalue weighted by atomic mass is 10.2. The molecule has 8 heteroatoms. The van der Waals surface area contributed by atoms with Crippen LogP contribution in [0.3, 0.4) is 0 Å². The number of hydroxylamine groups is 4. The third-order valence-corrected chi connectivity index (χ3v) is 3.62. The molecule has 24 heavy (non-hydrogen) atoms. The minimum atomic E-state index is -1.13. The van der Waals surface area contributed by atoms with Crippen LogP contribution in [-0.4, -0.2) is 36.2 Å². The zero-order valence-electron chi connectivity index (χ0n) is 14.0. The molecule has 0 spiro atoms. The molecule has 0 fully saturated rings. The summed E-state index contributed by atoms with van der Waals surface area (Å²) in [5, 5.41) is 2.44. The van der Waals surface area contributed by atoms with Crippen LogP contribution < -0.4 is 0 Å². The lowest BCUT2D eigenvalue weighted by Crippen LogP contribution is -2.35. The highest BCUT2D eigenvalue weighted by atomic mass is 16.8. The van der Waals surface area contributed by atoms with E-state index in [0.717, 1.165) is 0 Å². The molecule has 2 atom stereocenters. The number of carbonyl (C=O) groups is 2. The molecule has 0 amide bonds. The summed E-state index contributed by atoms with van der Waals surface area (Å²) in [6.45, 7) is 3.53. The van der Waals surface area contributed by atoms with E-state index in [-0.39, 0.29) is 12.1 Å². The van der Waals surface area contributed by atoms with Gasteiger partial charge in [0.05, 0.1) is 12.5 Å². The van der Waals surface area contributed by atoms with Gasteiger partial charge in [0.15, 0.2) is 0 Å². The summed E-state index contributed by atoms with van der Waals surface area (Å²) in [7, 11) is 3.04. The molecule has 0 radical (unpaired) electrons. The van der Waals surface area contributed by atoms with Gasteiger partial charge in [-0.3, -0.25) is 0 Å². The monoisotopic (exact) mass is 336 g/mol. The number of hydrogen-bond donors (Lipinski definition) is 0. The fraction of sp³-hybridized carbons (Fsp3) is 0.375. The first-order chi connectivity index (χ1) is 11.4. The summed E-state index contributed by atoms with van der Waals surface area (Å²) >= 11 is 0. The number of nitrogens with zero attached hydrogens (tertiary/aromatic N) is 2. The highest BCUT2D eigenvalue weighted by Crippen LogP contribution is 2.20. The van der Waals surface area contributed by atoms with Crippen molar-refractivity contribution in [3.05, 3.63) is 48.3 Å². The summed E-state index contributed by atoms with van der Waals surface area (Å²) in [6.07, 6.45) is 3.03. The molecular weight excluding hydrogens is 316 g/mol. The Morgan fingerprint density at radius 3 is 1.54 bits per heavy atom. The van der Waals surface area contributed by atoms with E-state index < -0.39 is 11.9 Å². The van der Waals surface area contributed by atoms with Gasteiger partial charge in [0, 0.05) is 14.1 Å². The van der Waals surface area contributed by atoms with Gasteiger partial charge in [0.25, 0.3) is 0 Å². The summed E-state index contributed by atoms with van der Waals surface area (Å²) < 4.78 is 10.5. The highest BCUT2D eigenvalue weighted by molar-refractivity contribution is 6.29. The molecule has 0 aliphatic heterocycles. The maximum atomic E-state index is 11.9. The molecule has 0 aromatic carbocycles. The molecule has 0 aliphatic carbocycles. The van der Waals surface area contributed by atoms with Crippen LogP contribution in [0.25, 0.3) is 0 Å².